The van der Waals surface area contributed by atoms with Gasteiger partial charge in [0.15, 0.2) is 0 Å². The first kappa shape index (κ1) is 27.5. The predicted octanol–water partition coefficient (Wildman–Crippen LogP) is 2.79. The fourth-order valence-corrected chi connectivity index (χ4v) is 5.46. The first-order chi connectivity index (χ1) is 19.0. The summed E-state index contributed by atoms with van der Waals surface area (Å²) < 4.78 is 6.27. The summed E-state index contributed by atoms with van der Waals surface area (Å²) in [5, 5.41) is 20.3. The number of carboxylic acids is 1. The lowest BCUT2D eigenvalue weighted by Crippen LogP contribution is -2.45. The normalized spacial score (nSPS) is 18.2. The lowest BCUT2D eigenvalue weighted by Gasteiger charge is -2.24. The van der Waals surface area contributed by atoms with E-state index in [4.69, 9.17) is 15.6 Å². The smallest absolute Gasteiger partial charge is 0.303 e. The highest BCUT2D eigenvalue weighted by atomic mass is 16.5. The molecule has 2 atom stereocenters. The molecule has 1 fully saturated rings. The molecule has 0 unspecified atom stereocenters. The monoisotopic (exact) mass is 546 g/mol. The number of rotatable bonds is 10. The maximum absolute atomic E-state index is 12.9. The number of hydrogen-bond acceptors (Lipinski definition) is 7. The van der Waals surface area contributed by atoms with Crippen LogP contribution in [0.2, 0.25) is 0 Å². The third-order valence-corrected chi connectivity index (χ3v) is 7.56. The molecule has 0 spiro atoms. The van der Waals surface area contributed by atoms with Crippen molar-refractivity contribution in [2.75, 3.05) is 13.1 Å². The number of likely N-dealkylation sites (tertiary alicyclic amines) is 1. The Bertz CT molecular complexity index is 1470. The van der Waals surface area contributed by atoms with E-state index in [-0.39, 0.29) is 31.4 Å². The molecular weight excluding hydrogens is 512 g/mol. The number of carbonyl (C=O) groups excluding carboxylic acids is 2. The number of aliphatic carboxylic acids is 1. The van der Waals surface area contributed by atoms with Gasteiger partial charge in [-0.3, -0.25) is 19.3 Å². The molecule has 40 heavy (non-hydrogen) atoms. The van der Waals surface area contributed by atoms with Crippen LogP contribution < -0.4 is 10.5 Å². The molecule has 2 aliphatic rings. The van der Waals surface area contributed by atoms with Gasteiger partial charge in [-0.05, 0) is 74.2 Å². The van der Waals surface area contributed by atoms with Crippen molar-refractivity contribution < 1.29 is 29.3 Å². The van der Waals surface area contributed by atoms with Crippen molar-refractivity contribution in [3.05, 3.63) is 70.9 Å². The Morgan fingerprint density at radius 2 is 1.98 bits per heavy atom. The van der Waals surface area contributed by atoms with Crippen LogP contribution in [0, 0.1) is 0 Å². The second-order valence-corrected chi connectivity index (χ2v) is 11.1. The number of ether oxygens (including phenoxy) is 1. The number of pyridine rings is 1. The van der Waals surface area contributed by atoms with E-state index >= 15 is 0 Å². The maximum atomic E-state index is 12.9. The zero-order valence-electron chi connectivity index (χ0n) is 22.7. The molecule has 0 radical (unpaired) electrons. The van der Waals surface area contributed by atoms with Crippen LogP contribution >= 0.6 is 0 Å². The summed E-state index contributed by atoms with van der Waals surface area (Å²) in [6.07, 6.45) is 0.586. The molecule has 0 saturated carbocycles. The molecular formula is C30H34N4O6. The summed E-state index contributed by atoms with van der Waals surface area (Å²) in [6.45, 7) is 6.06. The molecule has 210 valence electrons. The Kier molecular flexibility index (Phi) is 7.48. The molecule has 3 aromatic rings. The minimum atomic E-state index is -1.05. The van der Waals surface area contributed by atoms with E-state index in [0.29, 0.717) is 17.0 Å². The number of fused-ring (bicyclic) bond motifs is 2. The second-order valence-electron chi connectivity index (χ2n) is 11.1. The molecule has 1 aromatic heterocycles. The number of benzene rings is 2. The highest BCUT2D eigenvalue weighted by molar-refractivity contribution is 6.01. The van der Waals surface area contributed by atoms with Crippen LogP contribution in [-0.2, 0) is 28.3 Å². The van der Waals surface area contributed by atoms with Gasteiger partial charge >= 0.3 is 5.97 Å². The van der Waals surface area contributed by atoms with Crippen LogP contribution in [0.3, 0.4) is 0 Å². The summed E-state index contributed by atoms with van der Waals surface area (Å²) in [7, 11) is 0. The number of hydrogen-bond donors (Lipinski definition) is 3. The lowest BCUT2D eigenvalue weighted by molar-refractivity contribution is -0.137. The third kappa shape index (κ3) is 5.93. The van der Waals surface area contributed by atoms with Crippen LogP contribution in [0.25, 0.3) is 10.9 Å². The molecule has 4 N–H and O–H groups in total. The highest BCUT2D eigenvalue weighted by Gasteiger charge is 2.36. The quantitative estimate of drug-likeness (QED) is 0.352. The topological polar surface area (TPSA) is 146 Å². The van der Waals surface area contributed by atoms with E-state index in [1.54, 1.807) is 26.0 Å². The number of aliphatic hydroxyl groups is 1. The molecule has 2 aliphatic heterocycles. The van der Waals surface area contributed by atoms with Crippen LogP contribution in [0.5, 0.6) is 5.75 Å². The number of nitrogens with zero attached hydrogens (tertiary/aromatic N) is 3. The molecule has 0 bridgehead atoms. The van der Waals surface area contributed by atoms with E-state index in [0.717, 1.165) is 42.5 Å². The van der Waals surface area contributed by atoms with Crippen molar-refractivity contribution >= 4 is 28.7 Å². The van der Waals surface area contributed by atoms with Crippen molar-refractivity contribution in [1.82, 2.24) is 14.8 Å². The minimum absolute atomic E-state index is 0.00309. The lowest BCUT2D eigenvalue weighted by atomic mass is 10.0. The summed E-state index contributed by atoms with van der Waals surface area (Å²) in [6, 6.07) is 14.3. The molecule has 2 amide bonds. The number of carbonyl (C=O) groups is 3. The summed E-state index contributed by atoms with van der Waals surface area (Å²) in [5.74, 6) is -1.44. The van der Waals surface area contributed by atoms with Gasteiger partial charge in [-0.15, -0.1) is 0 Å². The van der Waals surface area contributed by atoms with Crippen LogP contribution in [0.1, 0.15) is 60.3 Å². The van der Waals surface area contributed by atoms with Crippen LogP contribution in [0.4, 0.5) is 0 Å². The van der Waals surface area contributed by atoms with Crippen molar-refractivity contribution in [3.8, 4) is 5.75 Å². The molecule has 3 heterocycles. The largest absolute Gasteiger partial charge is 0.489 e. The number of carboxylic acid groups (broad SMARTS) is 1. The van der Waals surface area contributed by atoms with Crippen molar-refractivity contribution in [3.63, 3.8) is 0 Å². The predicted molar refractivity (Wildman–Crippen MR) is 147 cm³/mol. The zero-order valence-corrected chi connectivity index (χ0v) is 22.7. The average molecular weight is 547 g/mol. The zero-order chi connectivity index (χ0) is 28.6. The second kappa shape index (κ2) is 10.9. The van der Waals surface area contributed by atoms with Crippen molar-refractivity contribution in [2.24, 2.45) is 5.73 Å². The minimum Gasteiger partial charge on any atom is -0.489 e. The van der Waals surface area contributed by atoms with Crippen molar-refractivity contribution in [2.45, 2.75) is 63.9 Å². The number of primary amides is 1. The highest BCUT2D eigenvalue weighted by Crippen LogP contribution is 2.31. The number of nitrogens with two attached hydrogens (primary N) is 1. The Morgan fingerprint density at radius 1 is 1.18 bits per heavy atom. The first-order valence-corrected chi connectivity index (χ1v) is 13.4. The Hall–Kier alpha value is -4.02. The summed E-state index contributed by atoms with van der Waals surface area (Å²) in [4.78, 5) is 44.1. The van der Waals surface area contributed by atoms with Gasteiger partial charge in [-0.25, -0.2) is 4.98 Å². The van der Waals surface area contributed by atoms with E-state index in [2.05, 4.69) is 22.0 Å². The maximum Gasteiger partial charge on any atom is 0.303 e. The van der Waals surface area contributed by atoms with Gasteiger partial charge in [0.2, 0.25) is 5.91 Å². The van der Waals surface area contributed by atoms with E-state index < -0.39 is 23.5 Å². The summed E-state index contributed by atoms with van der Waals surface area (Å²) >= 11 is 0. The molecule has 1 saturated heterocycles. The fraction of sp³-hybridized carbons (Fsp3) is 0.400. The van der Waals surface area contributed by atoms with Gasteiger partial charge in [0.25, 0.3) is 5.91 Å². The van der Waals surface area contributed by atoms with E-state index in [1.807, 2.05) is 24.3 Å². The standard InChI is InChI=1S/C30H34N4O6/c1-30(2,39)26-9-4-19-13-18(3-7-24(19)32-26)15-33-12-11-22(17-33)40-21-5-6-23-20(14-21)16-34(29(23)38)25(28(31)37)8-10-27(35)36/h3-7,9,13-14,22,25,39H,8,10-12,15-17H2,1-2H3,(H2,31,37)(H,35,36)/t22-,25-/m0/s1. The van der Waals surface area contributed by atoms with Crippen molar-refractivity contribution in [1.29, 1.82) is 0 Å². The number of aromatic nitrogens is 1. The van der Waals surface area contributed by atoms with Gasteiger partial charge in [-0.2, -0.15) is 0 Å². The molecule has 2 aromatic carbocycles. The molecule has 0 aliphatic carbocycles. The SMILES string of the molecule is CC(C)(O)c1ccc2cc(CN3CC[C@H](Oc4ccc5c(c4)CN([C@@H](CCC(=O)O)C(N)=O)C5=O)C3)ccc2n1. The van der Waals surface area contributed by atoms with E-state index in [1.165, 1.54) is 10.5 Å². The Labute approximate surface area is 232 Å². The fourth-order valence-electron chi connectivity index (χ4n) is 5.46. The van der Waals surface area contributed by atoms with Gasteiger partial charge in [-0.1, -0.05) is 12.1 Å². The average Bonchev–Trinajstić information content (AvgIpc) is 3.46. The van der Waals surface area contributed by atoms with Crippen LogP contribution in [-0.4, -0.2) is 68.0 Å². The molecule has 10 nitrogen and oxygen atoms in total. The molecule has 5 rings (SSSR count). The molecule has 10 heteroatoms. The first-order valence-electron chi connectivity index (χ1n) is 13.4. The third-order valence-electron chi connectivity index (χ3n) is 7.56. The van der Waals surface area contributed by atoms with Gasteiger partial charge in [0.1, 0.15) is 23.5 Å². The Balaban J connectivity index is 1.20. The summed E-state index contributed by atoms with van der Waals surface area (Å²) in [5.41, 5.74) is 8.37. The van der Waals surface area contributed by atoms with Crippen LogP contribution in [0.15, 0.2) is 48.5 Å². The number of amides is 2. The van der Waals surface area contributed by atoms with Gasteiger partial charge in [0, 0.05) is 43.5 Å². The van der Waals surface area contributed by atoms with E-state index in [9.17, 15) is 19.5 Å². The Morgan fingerprint density at radius 3 is 2.70 bits per heavy atom. The van der Waals surface area contributed by atoms with Gasteiger partial charge in [0.05, 0.1) is 11.2 Å². The van der Waals surface area contributed by atoms with Gasteiger partial charge < -0.3 is 25.6 Å².